The smallest absolute Gasteiger partial charge is 0.305 e. The van der Waals surface area contributed by atoms with Crippen LogP contribution in [0.3, 0.4) is 0 Å². The van der Waals surface area contributed by atoms with Crippen LogP contribution in [0.1, 0.15) is 58.3 Å². The van der Waals surface area contributed by atoms with E-state index in [-0.39, 0.29) is 23.0 Å². The maximum Gasteiger partial charge on any atom is 0.305 e. The van der Waals surface area contributed by atoms with Crippen molar-refractivity contribution in [1.29, 1.82) is 0 Å². The van der Waals surface area contributed by atoms with Gasteiger partial charge in [0, 0.05) is 13.3 Å². The van der Waals surface area contributed by atoms with E-state index in [2.05, 4.69) is 0 Å². The Morgan fingerprint density at radius 2 is 1.61 bits per heavy atom. The van der Waals surface area contributed by atoms with Gasteiger partial charge in [-0.05, 0) is 50.4 Å². The minimum atomic E-state index is -0.196. The summed E-state index contributed by atoms with van der Waals surface area (Å²) in [4.78, 5) is 22.4. The number of carbonyl (C=O) groups excluding carboxylic acids is 2. The Balaban J connectivity index is 1.91. The molecule has 102 valence electrons. The molecule has 3 fully saturated rings. The minimum Gasteiger partial charge on any atom is -0.469 e. The first-order valence-corrected chi connectivity index (χ1v) is 6.76. The first-order valence-electron chi connectivity index (χ1n) is 6.76. The zero-order chi connectivity index (χ0) is 13.2. The summed E-state index contributed by atoms with van der Waals surface area (Å²) in [6, 6.07) is 0. The van der Waals surface area contributed by atoms with Gasteiger partial charge >= 0.3 is 11.9 Å². The molecule has 3 aliphatic rings. The Morgan fingerprint density at radius 3 is 2.06 bits per heavy atom. The van der Waals surface area contributed by atoms with Crippen LogP contribution in [0.15, 0.2) is 0 Å². The molecule has 18 heavy (non-hydrogen) atoms. The van der Waals surface area contributed by atoms with Crippen LogP contribution in [0.2, 0.25) is 0 Å². The summed E-state index contributed by atoms with van der Waals surface area (Å²) >= 11 is 0. The molecule has 3 saturated carbocycles. The van der Waals surface area contributed by atoms with Crippen LogP contribution in [0.25, 0.3) is 0 Å². The SMILES string of the molecule is COC(=O)CCC12CCC(OC(C)=O)(CC1)CC2. The Labute approximate surface area is 108 Å². The van der Waals surface area contributed by atoms with Crippen LogP contribution < -0.4 is 0 Å². The summed E-state index contributed by atoms with van der Waals surface area (Å²) in [5.41, 5.74) is 0.0922. The van der Waals surface area contributed by atoms with E-state index in [0.29, 0.717) is 6.42 Å². The second-order valence-corrected chi connectivity index (χ2v) is 5.85. The van der Waals surface area contributed by atoms with Crippen molar-refractivity contribution in [3.8, 4) is 0 Å². The molecule has 2 bridgehead atoms. The summed E-state index contributed by atoms with van der Waals surface area (Å²) in [5, 5.41) is 0. The molecule has 0 heterocycles. The van der Waals surface area contributed by atoms with Crippen LogP contribution in [0.4, 0.5) is 0 Å². The average molecular weight is 254 g/mol. The predicted molar refractivity (Wildman–Crippen MR) is 65.9 cm³/mol. The van der Waals surface area contributed by atoms with Crippen LogP contribution in [0.5, 0.6) is 0 Å². The minimum absolute atomic E-state index is 0.119. The third kappa shape index (κ3) is 2.68. The van der Waals surface area contributed by atoms with E-state index in [1.54, 1.807) is 0 Å². The zero-order valence-electron chi connectivity index (χ0n) is 11.3. The number of hydrogen-bond acceptors (Lipinski definition) is 4. The molecule has 0 atom stereocenters. The highest BCUT2D eigenvalue weighted by molar-refractivity contribution is 5.69. The molecule has 0 radical (unpaired) electrons. The van der Waals surface area contributed by atoms with Gasteiger partial charge in [0.25, 0.3) is 0 Å². The van der Waals surface area contributed by atoms with E-state index in [0.717, 1.165) is 44.9 Å². The molecular weight excluding hydrogens is 232 g/mol. The molecule has 0 N–H and O–H groups in total. The van der Waals surface area contributed by atoms with Gasteiger partial charge in [-0.25, -0.2) is 0 Å². The molecule has 3 aliphatic carbocycles. The first-order chi connectivity index (χ1) is 8.49. The summed E-state index contributed by atoms with van der Waals surface area (Å²) in [6.45, 7) is 1.49. The monoisotopic (exact) mass is 254 g/mol. The average Bonchev–Trinajstić information content (AvgIpc) is 2.37. The molecule has 0 unspecified atom stereocenters. The lowest BCUT2D eigenvalue weighted by Gasteiger charge is -2.52. The fraction of sp³-hybridized carbons (Fsp3) is 0.857. The lowest BCUT2D eigenvalue weighted by atomic mass is 9.57. The fourth-order valence-electron chi connectivity index (χ4n) is 3.53. The maximum absolute atomic E-state index is 11.2. The van der Waals surface area contributed by atoms with Crippen LogP contribution in [-0.4, -0.2) is 24.6 Å². The number of ether oxygens (including phenoxy) is 2. The molecule has 0 aliphatic heterocycles. The largest absolute Gasteiger partial charge is 0.469 e. The predicted octanol–water partition coefficient (Wildman–Crippen LogP) is 2.60. The summed E-state index contributed by atoms with van der Waals surface area (Å²) < 4.78 is 10.2. The topological polar surface area (TPSA) is 52.6 Å². The third-order valence-corrected chi connectivity index (χ3v) is 4.78. The molecule has 0 aromatic carbocycles. The van der Waals surface area contributed by atoms with Crippen LogP contribution in [0, 0.1) is 5.41 Å². The van der Waals surface area contributed by atoms with Gasteiger partial charge in [-0.3, -0.25) is 9.59 Å². The Morgan fingerprint density at radius 1 is 1.06 bits per heavy atom. The second kappa shape index (κ2) is 4.90. The highest BCUT2D eigenvalue weighted by Gasteiger charge is 2.50. The van der Waals surface area contributed by atoms with Gasteiger partial charge in [0.2, 0.25) is 0 Å². The van der Waals surface area contributed by atoms with Crippen LogP contribution >= 0.6 is 0 Å². The summed E-state index contributed by atoms with van der Waals surface area (Å²) in [7, 11) is 1.44. The normalized spacial score (nSPS) is 34.1. The fourth-order valence-corrected chi connectivity index (χ4v) is 3.53. The molecule has 0 spiro atoms. The van der Waals surface area contributed by atoms with Gasteiger partial charge in [0.1, 0.15) is 5.60 Å². The van der Waals surface area contributed by atoms with E-state index in [1.807, 2.05) is 0 Å². The molecule has 0 amide bonds. The highest BCUT2D eigenvalue weighted by atomic mass is 16.6. The molecule has 3 rings (SSSR count). The number of rotatable bonds is 4. The molecule has 0 aromatic rings. The lowest BCUT2D eigenvalue weighted by molar-refractivity contribution is -0.175. The molecule has 0 saturated heterocycles. The van der Waals surface area contributed by atoms with E-state index >= 15 is 0 Å². The van der Waals surface area contributed by atoms with Crippen molar-refractivity contribution in [3.63, 3.8) is 0 Å². The van der Waals surface area contributed by atoms with Gasteiger partial charge in [-0.15, -0.1) is 0 Å². The number of methoxy groups -OCH3 is 1. The number of esters is 2. The maximum atomic E-state index is 11.2. The van der Waals surface area contributed by atoms with Crippen molar-refractivity contribution in [2.75, 3.05) is 7.11 Å². The van der Waals surface area contributed by atoms with E-state index < -0.39 is 0 Å². The number of carbonyl (C=O) groups is 2. The number of fused-ring (bicyclic) bond motifs is 3. The van der Waals surface area contributed by atoms with Gasteiger partial charge in [0.05, 0.1) is 7.11 Å². The van der Waals surface area contributed by atoms with Crippen molar-refractivity contribution in [1.82, 2.24) is 0 Å². The zero-order valence-corrected chi connectivity index (χ0v) is 11.3. The quantitative estimate of drug-likeness (QED) is 0.724. The van der Waals surface area contributed by atoms with Gasteiger partial charge in [-0.2, -0.15) is 0 Å². The van der Waals surface area contributed by atoms with Crippen molar-refractivity contribution in [2.24, 2.45) is 5.41 Å². The standard InChI is InChI=1S/C14H22O4/c1-11(15)18-14-8-5-13(6-9-14,7-10-14)4-3-12(16)17-2/h3-10H2,1-2H3. The van der Waals surface area contributed by atoms with Crippen molar-refractivity contribution >= 4 is 11.9 Å². The lowest BCUT2D eigenvalue weighted by Crippen LogP contribution is -2.48. The second-order valence-electron chi connectivity index (χ2n) is 5.85. The van der Waals surface area contributed by atoms with Gasteiger partial charge in [-0.1, -0.05) is 0 Å². The van der Waals surface area contributed by atoms with E-state index in [1.165, 1.54) is 14.0 Å². The highest BCUT2D eigenvalue weighted by Crippen LogP contribution is 2.55. The molecular formula is C14H22O4. The first kappa shape index (κ1) is 13.4. The summed E-state index contributed by atoms with van der Waals surface area (Å²) in [5.74, 6) is -0.286. The van der Waals surface area contributed by atoms with Crippen molar-refractivity contribution in [2.45, 2.75) is 63.9 Å². The van der Waals surface area contributed by atoms with Gasteiger partial charge in [0.15, 0.2) is 0 Å². The van der Waals surface area contributed by atoms with Crippen molar-refractivity contribution < 1.29 is 19.1 Å². The van der Waals surface area contributed by atoms with Gasteiger partial charge < -0.3 is 9.47 Å². The Kier molecular flexibility index (Phi) is 3.64. The third-order valence-electron chi connectivity index (χ3n) is 4.78. The van der Waals surface area contributed by atoms with E-state index in [4.69, 9.17) is 9.47 Å². The Bertz CT molecular complexity index is 323. The molecule has 4 heteroatoms. The van der Waals surface area contributed by atoms with Crippen molar-refractivity contribution in [3.05, 3.63) is 0 Å². The van der Waals surface area contributed by atoms with Crippen LogP contribution in [-0.2, 0) is 19.1 Å². The summed E-state index contributed by atoms with van der Waals surface area (Å²) in [6.07, 6.45) is 7.48. The van der Waals surface area contributed by atoms with E-state index in [9.17, 15) is 9.59 Å². The molecule has 4 nitrogen and oxygen atoms in total. The molecule has 0 aromatic heterocycles. The number of hydrogen-bond donors (Lipinski definition) is 0. The Hall–Kier alpha value is -1.06.